The third kappa shape index (κ3) is 3.13. The second kappa shape index (κ2) is 5.73. The second-order valence-electron chi connectivity index (χ2n) is 3.94. The zero-order valence-electron chi connectivity index (χ0n) is 10.1. The highest BCUT2D eigenvalue weighted by Gasteiger charge is 2.10. The van der Waals surface area contributed by atoms with Gasteiger partial charge in [0.25, 0.3) is 0 Å². The molecule has 94 valence electrons. The first-order valence-electron chi connectivity index (χ1n) is 5.67. The van der Waals surface area contributed by atoms with Gasteiger partial charge in [-0.05, 0) is 25.1 Å². The number of hydrogen-bond acceptors (Lipinski definition) is 3. The van der Waals surface area contributed by atoms with Crippen molar-refractivity contribution in [1.29, 1.82) is 0 Å². The topological polar surface area (TPSA) is 60.9 Å². The number of carbonyl (C=O) groups is 1. The maximum absolute atomic E-state index is 10.9. The zero-order chi connectivity index (χ0) is 13.0. The summed E-state index contributed by atoms with van der Waals surface area (Å²) in [4.78, 5) is 10.9. The summed E-state index contributed by atoms with van der Waals surface area (Å²) < 4.78 is 1.82. The van der Waals surface area contributed by atoms with Crippen molar-refractivity contribution in [2.45, 2.75) is 17.9 Å². The van der Waals surface area contributed by atoms with E-state index in [1.54, 1.807) is 6.92 Å². The minimum Gasteiger partial charge on any atom is -0.369 e. The first kappa shape index (κ1) is 12.7. The molecule has 18 heavy (non-hydrogen) atoms. The molecular weight excluding hydrogens is 246 g/mol. The maximum atomic E-state index is 10.9. The molecule has 0 fully saturated rings. The molecule has 1 amide bonds. The Morgan fingerprint density at radius 3 is 2.78 bits per heavy atom. The van der Waals surface area contributed by atoms with Crippen molar-refractivity contribution in [3.8, 4) is 5.69 Å². The minimum atomic E-state index is -0.289. The van der Waals surface area contributed by atoms with Crippen LogP contribution in [-0.2, 0) is 10.5 Å². The highest BCUT2D eigenvalue weighted by molar-refractivity contribution is 7.99. The normalized spacial score (nSPS) is 12.3. The van der Waals surface area contributed by atoms with Crippen LogP contribution in [0.1, 0.15) is 12.6 Å². The number of nitrogens with zero attached hydrogens (tertiary/aromatic N) is 2. The summed E-state index contributed by atoms with van der Waals surface area (Å²) >= 11 is 1.50. The first-order valence-corrected chi connectivity index (χ1v) is 6.72. The summed E-state index contributed by atoms with van der Waals surface area (Å²) in [5.41, 5.74) is 7.18. The van der Waals surface area contributed by atoms with Crippen LogP contribution in [0.15, 0.2) is 42.6 Å². The maximum Gasteiger partial charge on any atom is 0.230 e. The van der Waals surface area contributed by atoms with E-state index in [1.807, 2.05) is 47.3 Å². The molecule has 4 nitrogen and oxygen atoms in total. The van der Waals surface area contributed by atoms with Crippen molar-refractivity contribution in [1.82, 2.24) is 9.78 Å². The molecule has 2 aromatic rings. The molecule has 2 rings (SSSR count). The number of benzene rings is 1. The molecule has 1 heterocycles. The zero-order valence-corrected chi connectivity index (χ0v) is 10.9. The van der Waals surface area contributed by atoms with Gasteiger partial charge in [-0.1, -0.05) is 18.2 Å². The summed E-state index contributed by atoms with van der Waals surface area (Å²) in [6.45, 7) is 1.81. The molecule has 0 saturated heterocycles. The number of carbonyl (C=O) groups excluding carboxylic acids is 1. The number of thioether (sulfide) groups is 1. The highest BCUT2D eigenvalue weighted by Crippen LogP contribution is 2.17. The highest BCUT2D eigenvalue weighted by atomic mass is 32.2. The Balaban J connectivity index is 2.01. The average Bonchev–Trinajstić information content (AvgIpc) is 2.85. The van der Waals surface area contributed by atoms with E-state index in [9.17, 15) is 4.79 Å². The van der Waals surface area contributed by atoms with Gasteiger partial charge in [-0.25, -0.2) is 4.68 Å². The Bertz CT molecular complexity index is 524. The molecule has 0 bridgehead atoms. The Morgan fingerprint density at radius 2 is 2.11 bits per heavy atom. The van der Waals surface area contributed by atoms with Gasteiger partial charge < -0.3 is 5.73 Å². The lowest BCUT2D eigenvalue weighted by molar-refractivity contribution is -0.117. The Kier molecular flexibility index (Phi) is 4.04. The molecule has 2 N–H and O–H groups in total. The molecule has 0 radical (unpaired) electrons. The smallest absolute Gasteiger partial charge is 0.230 e. The van der Waals surface area contributed by atoms with E-state index in [2.05, 4.69) is 5.10 Å². The van der Waals surface area contributed by atoms with Crippen LogP contribution in [0.4, 0.5) is 0 Å². The first-order chi connectivity index (χ1) is 8.66. The van der Waals surface area contributed by atoms with Crippen LogP contribution < -0.4 is 5.73 Å². The van der Waals surface area contributed by atoms with Crippen molar-refractivity contribution >= 4 is 17.7 Å². The average molecular weight is 261 g/mol. The van der Waals surface area contributed by atoms with Gasteiger partial charge in [-0.3, -0.25) is 4.79 Å². The Hall–Kier alpha value is -1.75. The van der Waals surface area contributed by atoms with Crippen LogP contribution in [0.5, 0.6) is 0 Å². The molecule has 0 aliphatic rings. The lowest BCUT2D eigenvalue weighted by atomic mass is 10.3. The minimum absolute atomic E-state index is 0.188. The van der Waals surface area contributed by atoms with E-state index < -0.39 is 0 Å². The van der Waals surface area contributed by atoms with Gasteiger partial charge in [0.2, 0.25) is 5.91 Å². The lowest BCUT2D eigenvalue weighted by Gasteiger charge is -2.04. The number of primary amides is 1. The van der Waals surface area contributed by atoms with Crippen molar-refractivity contribution in [3.05, 3.63) is 48.3 Å². The van der Waals surface area contributed by atoms with Gasteiger partial charge in [-0.2, -0.15) is 5.10 Å². The quantitative estimate of drug-likeness (QED) is 0.895. The number of hydrogen-bond donors (Lipinski definition) is 1. The van der Waals surface area contributed by atoms with Crippen LogP contribution in [0, 0.1) is 0 Å². The Labute approximate surface area is 110 Å². The summed E-state index contributed by atoms with van der Waals surface area (Å²) in [6.07, 6.45) is 1.92. The molecule has 0 aliphatic heterocycles. The molecule has 5 heteroatoms. The number of rotatable bonds is 5. The summed E-state index contributed by atoms with van der Waals surface area (Å²) in [5.74, 6) is 0.395. The summed E-state index contributed by atoms with van der Waals surface area (Å²) in [6, 6.07) is 11.9. The lowest BCUT2D eigenvalue weighted by Crippen LogP contribution is -2.22. The van der Waals surface area contributed by atoms with Crippen molar-refractivity contribution in [2.75, 3.05) is 0 Å². The Morgan fingerprint density at radius 1 is 1.39 bits per heavy atom. The largest absolute Gasteiger partial charge is 0.369 e. The molecule has 1 atom stereocenters. The van der Waals surface area contributed by atoms with Crippen LogP contribution in [0.2, 0.25) is 0 Å². The summed E-state index contributed by atoms with van der Waals surface area (Å²) in [7, 11) is 0. The number of para-hydroxylation sites is 1. The van der Waals surface area contributed by atoms with Gasteiger partial charge in [0.1, 0.15) is 0 Å². The predicted octanol–water partition coefficient (Wildman–Crippen LogP) is 1.98. The molecule has 1 aromatic heterocycles. The molecule has 0 aliphatic carbocycles. The number of nitrogens with two attached hydrogens (primary N) is 1. The van der Waals surface area contributed by atoms with Crippen LogP contribution in [0.25, 0.3) is 5.69 Å². The molecular formula is C13H15N3OS. The van der Waals surface area contributed by atoms with Crippen LogP contribution >= 0.6 is 11.8 Å². The third-order valence-corrected chi connectivity index (χ3v) is 3.74. The van der Waals surface area contributed by atoms with E-state index in [0.717, 1.165) is 11.4 Å². The number of aromatic nitrogens is 2. The van der Waals surface area contributed by atoms with Crippen LogP contribution in [-0.4, -0.2) is 20.9 Å². The van der Waals surface area contributed by atoms with Gasteiger partial charge in [0.05, 0.1) is 16.6 Å². The molecule has 1 aromatic carbocycles. The fraction of sp³-hybridized carbons (Fsp3) is 0.231. The van der Waals surface area contributed by atoms with Gasteiger partial charge in [0, 0.05) is 11.9 Å². The molecule has 1 unspecified atom stereocenters. The second-order valence-corrected chi connectivity index (χ2v) is 5.27. The van der Waals surface area contributed by atoms with Gasteiger partial charge in [-0.15, -0.1) is 11.8 Å². The number of amides is 1. The van der Waals surface area contributed by atoms with Crippen molar-refractivity contribution in [2.24, 2.45) is 5.73 Å². The third-order valence-electron chi connectivity index (χ3n) is 2.55. The SMILES string of the molecule is CC(SCc1ccn(-c2ccccc2)n1)C(N)=O. The van der Waals surface area contributed by atoms with Crippen LogP contribution in [0.3, 0.4) is 0 Å². The van der Waals surface area contributed by atoms with E-state index in [0.29, 0.717) is 5.75 Å². The van der Waals surface area contributed by atoms with E-state index in [4.69, 9.17) is 5.73 Å². The monoisotopic (exact) mass is 261 g/mol. The molecule has 0 saturated carbocycles. The standard InChI is InChI=1S/C13H15N3OS/c1-10(13(14)17)18-9-11-7-8-16(15-11)12-5-3-2-4-6-12/h2-8,10H,9H2,1H3,(H2,14,17). The fourth-order valence-electron chi connectivity index (χ4n) is 1.46. The van der Waals surface area contributed by atoms with Crippen molar-refractivity contribution < 1.29 is 4.79 Å². The predicted molar refractivity (Wildman–Crippen MR) is 73.5 cm³/mol. The fourth-order valence-corrected chi connectivity index (χ4v) is 2.19. The van der Waals surface area contributed by atoms with E-state index >= 15 is 0 Å². The molecule has 0 spiro atoms. The van der Waals surface area contributed by atoms with E-state index in [-0.39, 0.29) is 11.2 Å². The van der Waals surface area contributed by atoms with Gasteiger partial charge in [0.15, 0.2) is 0 Å². The van der Waals surface area contributed by atoms with E-state index in [1.165, 1.54) is 11.8 Å². The van der Waals surface area contributed by atoms with Gasteiger partial charge >= 0.3 is 0 Å². The van der Waals surface area contributed by atoms with Crippen molar-refractivity contribution in [3.63, 3.8) is 0 Å². The summed E-state index contributed by atoms with van der Waals surface area (Å²) in [5, 5.41) is 4.27.